The van der Waals surface area contributed by atoms with Crippen LogP contribution in [0.1, 0.15) is 11.1 Å². The van der Waals surface area contributed by atoms with Crippen LogP contribution < -0.4 is 5.48 Å². The van der Waals surface area contributed by atoms with Gasteiger partial charge in [0.15, 0.2) is 0 Å². The average Bonchev–Trinajstić information content (AvgIpc) is 2.01. The smallest absolute Gasteiger partial charge is 0.291 e. The summed E-state index contributed by atoms with van der Waals surface area (Å²) in [4.78, 5) is 0. The fraction of sp³-hybridized carbons (Fsp3) is 0.250. The van der Waals surface area contributed by atoms with Gasteiger partial charge in [-0.25, -0.2) is 0 Å². The minimum absolute atomic E-state index is 0.0346. The van der Waals surface area contributed by atoms with Gasteiger partial charge in [0, 0.05) is 0 Å². The molecular weight excluding hydrogens is 183 g/mol. The number of alkyl halides is 3. The lowest BCUT2D eigenvalue weighted by molar-refractivity contribution is -0.137. The molecule has 0 heterocycles. The van der Waals surface area contributed by atoms with E-state index in [0.717, 1.165) is 12.1 Å². The van der Waals surface area contributed by atoms with Crippen LogP contribution in [0.2, 0.25) is 0 Å². The molecule has 0 aliphatic rings. The third-order valence-corrected chi connectivity index (χ3v) is 1.53. The van der Waals surface area contributed by atoms with Crippen LogP contribution in [0, 0.1) is 6.92 Å². The van der Waals surface area contributed by atoms with Crippen molar-refractivity contribution in [3.05, 3.63) is 29.3 Å². The molecule has 0 fully saturated rings. The number of benzene rings is 1. The van der Waals surface area contributed by atoms with Gasteiger partial charge in [-0.1, -0.05) is 0 Å². The Labute approximate surface area is 73.0 Å². The molecule has 0 atom stereocenters. The topological polar surface area (TPSA) is 32.3 Å². The maximum Gasteiger partial charge on any atom is 0.416 e. The number of nitrogens with one attached hydrogen (secondary N) is 1. The van der Waals surface area contributed by atoms with Crippen molar-refractivity contribution in [3.8, 4) is 0 Å². The zero-order chi connectivity index (χ0) is 10.1. The van der Waals surface area contributed by atoms with Crippen LogP contribution in [0.3, 0.4) is 0 Å². The van der Waals surface area contributed by atoms with Gasteiger partial charge in [-0.15, -0.1) is 0 Å². The van der Waals surface area contributed by atoms with Gasteiger partial charge in [0.2, 0.25) is 0 Å². The molecule has 0 saturated heterocycles. The largest absolute Gasteiger partial charge is 0.416 e. The van der Waals surface area contributed by atoms with Gasteiger partial charge in [-0.3, -0.25) is 10.7 Å². The minimum Gasteiger partial charge on any atom is -0.291 e. The first-order chi connectivity index (χ1) is 5.93. The number of rotatable bonds is 1. The van der Waals surface area contributed by atoms with Crippen LogP contribution in [0.15, 0.2) is 18.2 Å². The van der Waals surface area contributed by atoms with Crippen molar-refractivity contribution in [2.24, 2.45) is 0 Å². The van der Waals surface area contributed by atoms with Gasteiger partial charge in [0.25, 0.3) is 0 Å². The van der Waals surface area contributed by atoms with E-state index in [-0.39, 0.29) is 5.69 Å². The van der Waals surface area contributed by atoms with Crippen LogP contribution in [0.25, 0.3) is 0 Å². The molecule has 0 bridgehead atoms. The van der Waals surface area contributed by atoms with Crippen molar-refractivity contribution < 1.29 is 18.4 Å². The second-order valence-corrected chi connectivity index (χ2v) is 2.70. The molecule has 1 aromatic rings. The highest BCUT2D eigenvalue weighted by molar-refractivity contribution is 5.47. The standard InChI is InChI=1S/C8H8F3NO/c1-5-2-6(8(9,10)11)4-7(3-5)12-13/h2-4,12-13H,1H3. The third-order valence-electron chi connectivity index (χ3n) is 1.53. The number of hydrogen-bond donors (Lipinski definition) is 2. The number of anilines is 1. The Bertz CT molecular complexity index is 309. The van der Waals surface area contributed by atoms with Crippen molar-refractivity contribution in [2.45, 2.75) is 13.1 Å². The highest BCUT2D eigenvalue weighted by Gasteiger charge is 2.30. The van der Waals surface area contributed by atoms with Crippen LogP contribution >= 0.6 is 0 Å². The maximum absolute atomic E-state index is 12.2. The van der Waals surface area contributed by atoms with Crippen molar-refractivity contribution in [1.82, 2.24) is 0 Å². The quantitative estimate of drug-likeness (QED) is 0.669. The lowest BCUT2D eigenvalue weighted by Crippen LogP contribution is -2.06. The predicted molar refractivity (Wildman–Crippen MR) is 41.6 cm³/mol. The van der Waals surface area contributed by atoms with E-state index in [1.807, 2.05) is 0 Å². The molecule has 0 aliphatic heterocycles. The molecule has 0 saturated carbocycles. The van der Waals surface area contributed by atoms with Gasteiger partial charge in [0.05, 0.1) is 11.3 Å². The van der Waals surface area contributed by atoms with Crippen LogP contribution in [-0.4, -0.2) is 5.21 Å². The first kappa shape index (κ1) is 9.85. The lowest BCUT2D eigenvalue weighted by Gasteiger charge is -2.09. The summed E-state index contributed by atoms with van der Waals surface area (Å²) in [5, 5.41) is 8.43. The second kappa shape index (κ2) is 3.26. The second-order valence-electron chi connectivity index (χ2n) is 2.70. The van der Waals surface area contributed by atoms with E-state index in [1.165, 1.54) is 13.0 Å². The fourth-order valence-electron chi connectivity index (χ4n) is 1.01. The highest BCUT2D eigenvalue weighted by atomic mass is 19.4. The molecule has 1 aromatic carbocycles. The van der Waals surface area contributed by atoms with Crippen LogP contribution in [0.5, 0.6) is 0 Å². The fourth-order valence-corrected chi connectivity index (χ4v) is 1.01. The summed E-state index contributed by atoms with van der Waals surface area (Å²) in [6, 6.07) is 3.27. The molecule has 0 spiro atoms. The van der Waals surface area contributed by atoms with Gasteiger partial charge >= 0.3 is 6.18 Å². The van der Waals surface area contributed by atoms with E-state index >= 15 is 0 Å². The SMILES string of the molecule is Cc1cc(NO)cc(C(F)(F)F)c1. The Morgan fingerprint density at radius 3 is 2.31 bits per heavy atom. The maximum atomic E-state index is 12.2. The van der Waals surface area contributed by atoms with Gasteiger partial charge < -0.3 is 0 Å². The monoisotopic (exact) mass is 191 g/mol. The predicted octanol–water partition coefficient (Wildman–Crippen LogP) is 2.81. The molecule has 0 aromatic heterocycles. The molecule has 0 amide bonds. The van der Waals surface area contributed by atoms with Gasteiger partial charge in [-0.05, 0) is 30.7 Å². The zero-order valence-corrected chi connectivity index (χ0v) is 6.81. The highest BCUT2D eigenvalue weighted by Crippen LogP contribution is 2.31. The van der Waals surface area contributed by atoms with E-state index in [1.54, 1.807) is 5.48 Å². The number of hydrogen-bond acceptors (Lipinski definition) is 2. The molecule has 2 nitrogen and oxygen atoms in total. The zero-order valence-electron chi connectivity index (χ0n) is 6.81. The normalized spacial score (nSPS) is 11.5. The summed E-state index contributed by atoms with van der Waals surface area (Å²) >= 11 is 0. The van der Waals surface area contributed by atoms with E-state index < -0.39 is 11.7 Å². The van der Waals surface area contributed by atoms with E-state index in [4.69, 9.17) is 5.21 Å². The summed E-state index contributed by atoms with van der Waals surface area (Å²) in [5.74, 6) is 0. The molecule has 13 heavy (non-hydrogen) atoms. The van der Waals surface area contributed by atoms with Crippen molar-refractivity contribution in [2.75, 3.05) is 5.48 Å². The molecule has 5 heteroatoms. The summed E-state index contributed by atoms with van der Waals surface area (Å²) in [5.41, 5.74) is 1.38. The molecule has 0 unspecified atom stereocenters. The first-order valence-corrected chi connectivity index (χ1v) is 3.52. The van der Waals surface area contributed by atoms with E-state index in [2.05, 4.69) is 0 Å². The van der Waals surface area contributed by atoms with Crippen molar-refractivity contribution in [3.63, 3.8) is 0 Å². The summed E-state index contributed by atoms with van der Waals surface area (Å²) in [6.07, 6.45) is -4.38. The molecular formula is C8H8F3NO. The summed E-state index contributed by atoms with van der Waals surface area (Å²) in [6.45, 7) is 1.52. The van der Waals surface area contributed by atoms with Crippen molar-refractivity contribution in [1.29, 1.82) is 0 Å². The Morgan fingerprint density at radius 1 is 1.23 bits per heavy atom. The Hall–Kier alpha value is -1.23. The average molecular weight is 191 g/mol. The Balaban J connectivity index is 3.16. The van der Waals surface area contributed by atoms with Crippen LogP contribution in [0.4, 0.5) is 18.9 Å². The lowest BCUT2D eigenvalue weighted by atomic mass is 10.1. The molecule has 2 N–H and O–H groups in total. The van der Waals surface area contributed by atoms with E-state index in [9.17, 15) is 13.2 Å². The molecule has 0 aliphatic carbocycles. The molecule has 72 valence electrons. The Morgan fingerprint density at radius 2 is 1.85 bits per heavy atom. The van der Waals surface area contributed by atoms with Gasteiger partial charge in [0.1, 0.15) is 0 Å². The molecule has 0 radical (unpaired) electrons. The number of halogens is 3. The van der Waals surface area contributed by atoms with E-state index in [0.29, 0.717) is 5.56 Å². The van der Waals surface area contributed by atoms with Crippen LogP contribution in [-0.2, 0) is 6.18 Å². The number of aryl methyl sites for hydroxylation is 1. The van der Waals surface area contributed by atoms with Gasteiger partial charge in [-0.2, -0.15) is 13.2 Å². The third kappa shape index (κ3) is 2.35. The first-order valence-electron chi connectivity index (χ1n) is 3.52. The summed E-state index contributed by atoms with van der Waals surface area (Å²) in [7, 11) is 0. The van der Waals surface area contributed by atoms with Crippen molar-refractivity contribution >= 4 is 5.69 Å². The molecule has 1 rings (SSSR count). The summed E-state index contributed by atoms with van der Waals surface area (Å²) < 4.78 is 36.5. The minimum atomic E-state index is -4.38. The Kier molecular flexibility index (Phi) is 2.47.